The molecular weight excluding hydrogens is 295 g/mol. The van der Waals surface area contributed by atoms with E-state index in [2.05, 4.69) is 4.72 Å². The molecule has 0 amide bonds. The minimum atomic E-state index is -3.80. The number of anilines is 2. The first kappa shape index (κ1) is 15.1. The molecule has 0 bridgehead atoms. The first-order valence-corrected chi connectivity index (χ1v) is 7.54. The maximum Gasteiger partial charge on any atom is 0.261 e. The Morgan fingerprint density at radius 1 is 1.19 bits per heavy atom. The molecule has 21 heavy (non-hydrogen) atoms. The third kappa shape index (κ3) is 3.25. The molecule has 112 valence electrons. The Hall–Kier alpha value is -2.28. The number of nitrogens with one attached hydrogen (secondary N) is 1. The van der Waals surface area contributed by atoms with Gasteiger partial charge in [-0.1, -0.05) is 0 Å². The van der Waals surface area contributed by atoms with Crippen LogP contribution in [-0.4, -0.2) is 15.5 Å². The zero-order valence-corrected chi connectivity index (χ0v) is 12.4. The van der Waals surface area contributed by atoms with E-state index in [0.29, 0.717) is 11.3 Å². The molecule has 0 aliphatic rings. The Labute approximate surface area is 122 Å². The molecule has 0 spiro atoms. The van der Waals surface area contributed by atoms with Crippen LogP contribution in [-0.2, 0) is 10.0 Å². The number of rotatable bonds is 4. The minimum absolute atomic E-state index is 0.0428. The van der Waals surface area contributed by atoms with Crippen molar-refractivity contribution in [1.29, 1.82) is 0 Å². The van der Waals surface area contributed by atoms with Gasteiger partial charge in [0.05, 0.1) is 17.7 Å². The fraction of sp³-hybridized carbons (Fsp3) is 0.143. The molecule has 2 rings (SSSR count). The van der Waals surface area contributed by atoms with Crippen LogP contribution < -0.4 is 15.2 Å². The highest BCUT2D eigenvalue weighted by Crippen LogP contribution is 2.24. The largest absolute Gasteiger partial charge is 0.494 e. The molecule has 0 fully saturated rings. The van der Waals surface area contributed by atoms with Crippen LogP contribution in [0.4, 0.5) is 15.8 Å². The number of halogens is 1. The fourth-order valence-corrected chi connectivity index (χ4v) is 2.89. The average Bonchev–Trinajstić information content (AvgIpc) is 2.41. The van der Waals surface area contributed by atoms with Crippen LogP contribution in [0.25, 0.3) is 0 Å². The second kappa shape index (κ2) is 5.61. The molecule has 0 aromatic heterocycles. The van der Waals surface area contributed by atoms with Crippen molar-refractivity contribution in [3.05, 3.63) is 47.8 Å². The zero-order valence-electron chi connectivity index (χ0n) is 11.6. The second-order valence-corrected chi connectivity index (χ2v) is 6.16. The van der Waals surface area contributed by atoms with Gasteiger partial charge in [0.2, 0.25) is 0 Å². The van der Waals surface area contributed by atoms with Crippen molar-refractivity contribution >= 4 is 21.4 Å². The van der Waals surface area contributed by atoms with E-state index < -0.39 is 15.8 Å². The van der Waals surface area contributed by atoms with E-state index in [9.17, 15) is 12.8 Å². The summed E-state index contributed by atoms with van der Waals surface area (Å²) in [6.45, 7) is 1.71. The van der Waals surface area contributed by atoms with Gasteiger partial charge >= 0.3 is 0 Å². The van der Waals surface area contributed by atoms with Crippen molar-refractivity contribution in [2.24, 2.45) is 0 Å². The van der Waals surface area contributed by atoms with Gasteiger partial charge < -0.3 is 10.5 Å². The van der Waals surface area contributed by atoms with Gasteiger partial charge in [-0.3, -0.25) is 4.72 Å². The normalized spacial score (nSPS) is 11.2. The number of nitrogen functional groups attached to an aromatic ring is 1. The van der Waals surface area contributed by atoms with Crippen molar-refractivity contribution in [3.63, 3.8) is 0 Å². The summed E-state index contributed by atoms with van der Waals surface area (Å²) in [7, 11) is -2.47. The third-order valence-electron chi connectivity index (χ3n) is 2.96. The summed E-state index contributed by atoms with van der Waals surface area (Å²) in [6.07, 6.45) is 0. The summed E-state index contributed by atoms with van der Waals surface area (Å²) in [6, 6.07) is 8.19. The van der Waals surface area contributed by atoms with Crippen LogP contribution in [0, 0.1) is 12.7 Å². The van der Waals surface area contributed by atoms with E-state index in [1.165, 1.54) is 37.4 Å². The molecule has 0 aliphatic heterocycles. The van der Waals surface area contributed by atoms with Gasteiger partial charge in [0.25, 0.3) is 10.0 Å². The van der Waals surface area contributed by atoms with E-state index >= 15 is 0 Å². The second-order valence-electron chi connectivity index (χ2n) is 4.47. The summed E-state index contributed by atoms with van der Waals surface area (Å²) < 4.78 is 45.1. The van der Waals surface area contributed by atoms with E-state index in [-0.39, 0.29) is 16.3 Å². The van der Waals surface area contributed by atoms with Gasteiger partial charge in [-0.25, -0.2) is 12.8 Å². The highest BCUT2D eigenvalue weighted by Gasteiger charge is 2.16. The molecule has 0 saturated carbocycles. The Bertz CT molecular complexity index is 776. The highest BCUT2D eigenvalue weighted by atomic mass is 32.2. The van der Waals surface area contributed by atoms with E-state index in [0.717, 1.165) is 6.07 Å². The SMILES string of the molecule is COc1ccc(NS(=O)(=O)c2ccc(N)c(C)c2)cc1F. The standard InChI is InChI=1S/C14H15FN2O3S/c1-9-7-11(4-5-13(9)16)21(18,19)17-10-3-6-14(20-2)12(15)8-10/h3-8,17H,16H2,1-2H3. The molecule has 0 aliphatic carbocycles. The quantitative estimate of drug-likeness (QED) is 0.850. The van der Waals surface area contributed by atoms with Crippen LogP contribution >= 0.6 is 0 Å². The first-order chi connectivity index (χ1) is 9.83. The lowest BCUT2D eigenvalue weighted by Crippen LogP contribution is -2.13. The fourth-order valence-electron chi connectivity index (χ4n) is 1.76. The summed E-state index contributed by atoms with van der Waals surface area (Å²) >= 11 is 0. The van der Waals surface area contributed by atoms with Gasteiger partial charge in [0.15, 0.2) is 11.6 Å². The molecule has 5 nitrogen and oxygen atoms in total. The average molecular weight is 310 g/mol. The first-order valence-electron chi connectivity index (χ1n) is 6.06. The summed E-state index contributed by atoms with van der Waals surface area (Å²) in [4.78, 5) is 0.0606. The third-order valence-corrected chi connectivity index (χ3v) is 4.33. The van der Waals surface area contributed by atoms with Crippen molar-refractivity contribution in [1.82, 2.24) is 0 Å². The number of benzene rings is 2. The molecule has 0 saturated heterocycles. The van der Waals surface area contributed by atoms with Gasteiger partial charge in [-0.05, 0) is 42.8 Å². The predicted octanol–water partition coefficient (Wildman–Crippen LogP) is 2.53. The maximum atomic E-state index is 13.6. The van der Waals surface area contributed by atoms with Crippen molar-refractivity contribution in [3.8, 4) is 5.75 Å². The predicted molar refractivity (Wildman–Crippen MR) is 79.4 cm³/mol. The Morgan fingerprint density at radius 3 is 2.48 bits per heavy atom. The van der Waals surface area contributed by atoms with Gasteiger partial charge in [0, 0.05) is 11.8 Å². The van der Waals surface area contributed by atoms with Crippen molar-refractivity contribution < 1.29 is 17.5 Å². The Kier molecular flexibility index (Phi) is 4.04. The number of hydrogen-bond acceptors (Lipinski definition) is 4. The van der Waals surface area contributed by atoms with E-state index in [1.54, 1.807) is 6.92 Å². The van der Waals surface area contributed by atoms with Crippen molar-refractivity contribution in [2.45, 2.75) is 11.8 Å². The van der Waals surface area contributed by atoms with Gasteiger partial charge in [0.1, 0.15) is 0 Å². The molecule has 0 atom stereocenters. The lowest BCUT2D eigenvalue weighted by atomic mass is 10.2. The van der Waals surface area contributed by atoms with Crippen LogP contribution in [0.5, 0.6) is 5.75 Å². The topological polar surface area (TPSA) is 81.4 Å². The Morgan fingerprint density at radius 2 is 1.90 bits per heavy atom. The minimum Gasteiger partial charge on any atom is -0.494 e. The number of aryl methyl sites for hydroxylation is 1. The summed E-state index contributed by atoms with van der Waals surface area (Å²) in [5.41, 5.74) is 6.93. The highest BCUT2D eigenvalue weighted by molar-refractivity contribution is 7.92. The molecule has 0 radical (unpaired) electrons. The molecule has 7 heteroatoms. The lowest BCUT2D eigenvalue weighted by Gasteiger charge is -2.10. The van der Waals surface area contributed by atoms with Crippen LogP contribution in [0.2, 0.25) is 0 Å². The van der Waals surface area contributed by atoms with Crippen LogP contribution in [0.15, 0.2) is 41.3 Å². The van der Waals surface area contributed by atoms with Crippen molar-refractivity contribution in [2.75, 3.05) is 17.6 Å². The molecule has 2 aromatic rings. The lowest BCUT2D eigenvalue weighted by molar-refractivity contribution is 0.386. The summed E-state index contributed by atoms with van der Waals surface area (Å²) in [5, 5.41) is 0. The molecule has 3 N–H and O–H groups in total. The number of hydrogen-bond donors (Lipinski definition) is 2. The molecule has 0 unspecified atom stereocenters. The smallest absolute Gasteiger partial charge is 0.261 e. The van der Waals surface area contributed by atoms with Crippen LogP contribution in [0.3, 0.4) is 0 Å². The number of nitrogens with two attached hydrogens (primary N) is 1. The maximum absolute atomic E-state index is 13.6. The van der Waals surface area contributed by atoms with E-state index in [1.807, 2.05) is 0 Å². The van der Waals surface area contributed by atoms with Crippen LogP contribution in [0.1, 0.15) is 5.56 Å². The molecular formula is C14H15FN2O3S. The molecule has 0 heterocycles. The summed E-state index contributed by atoms with van der Waals surface area (Å²) in [5.74, 6) is -0.604. The van der Waals surface area contributed by atoms with E-state index in [4.69, 9.17) is 10.5 Å². The van der Waals surface area contributed by atoms with Gasteiger partial charge in [-0.2, -0.15) is 0 Å². The molecule has 2 aromatic carbocycles. The number of sulfonamides is 1. The zero-order chi connectivity index (χ0) is 15.6. The number of methoxy groups -OCH3 is 1. The monoisotopic (exact) mass is 310 g/mol. The van der Waals surface area contributed by atoms with Gasteiger partial charge in [-0.15, -0.1) is 0 Å². The number of ether oxygens (including phenoxy) is 1. The Balaban J connectivity index is 2.32.